The number of aryl methyl sites for hydroxylation is 1. The monoisotopic (exact) mass is 522 g/mol. The first-order valence-corrected chi connectivity index (χ1v) is 12.9. The average molecular weight is 523 g/mol. The summed E-state index contributed by atoms with van der Waals surface area (Å²) in [6.45, 7) is 6.77. The van der Waals surface area contributed by atoms with Gasteiger partial charge in [0, 0.05) is 50.9 Å². The van der Waals surface area contributed by atoms with E-state index in [-0.39, 0.29) is 11.8 Å². The van der Waals surface area contributed by atoms with Crippen molar-refractivity contribution in [3.05, 3.63) is 81.3 Å². The molecule has 0 saturated carbocycles. The molecule has 0 aliphatic rings. The molecular formula is C29H28Cl2N2O3. The highest BCUT2D eigenvalue weighted by Crippen LogP contribution is 2.32. The summed E-state index contributed by atoms with van der Waals surface area (Å²) in [6, 6.07) is 16.6. The van der Waals surface area contributed by atoms with E-state index >= 15 is 0 Å². The molecule has 3 aromatic carbocycles. The van der Waals surface area contributed by atoms with Crippen molar-refractivity contribution in [2.24, 2.45) is 5.16 Å². The Balaban J connectivity index is 1.72. The standard InChI is InChI=1S/C29H28Cl2N2O3/c1-4-6-7-8-28(34)36-32-18(3)19-9-13-26-23(15-19)24-16-20(10-14-27(24)33(26)5-2)29(35)22-12-11-21(30)17-25(22)31/h9-17H,4-8H2,1-3H3/b32-18+. The third kappa shape index (κ3) is 5.32. The van der Waals surface area contributed by atoms with Crippen LogP contribution >= 0.6 is 23.2 Å². The highest BCUT2D eigenvalue weighted by atomic mass is 35.5. The van der Waals surface area contributed by atoms with Crippen LogP contribution < -0.4 is 0 Å². The van der Waals surface area contributed by atoms with Crippen LogP contribution in [0.4, 0.5) is 0 Å². The van der Waals surface area contributed by atoms with E-state index in [0.717, 1.165) is 53.2 Å². The highest BCUT2D eigenvalue weighted by molar-refractivity contribution is 6.37. The molecule has 0 saturated heterocycles. The molecule has 5 nitrogen and oxygen atoms in total. The Morgan fingerprint density at radius 1 is 0.889 bits per heavy atom. The largest absolute Gasteiger partial charge is 0.341 e. The topological polar surface area (TPSA) is 60.7 Å². The van der Waals surface area contributed by atoms with Gasteiger partial charge in [0.1, 0.15) is 0 Å². The molecule has 7 heteroatoms. The predicted octanol–water partition coefficient (Wildman–Crippen LogP) is 8.20. The van der Waals surface area contributed by atoms with Gasteiger partial charge in [0.2, 0.25) is 0 Å². The van der Waals surface area contributed by atoms with Crippen molar-refractivity contribution in [1.82, 2.24) is 4.57 Å². The Bertz CT molecular complexity index is 1490. The number of ketones is 1. The third-order valence-electron chi connectivity index (χ3n) is 6.31. The lowest BCUT2D eigenvalue weighted by molar-refractivity contribution is -0.143. The van der Waals surface area contributed by atoms with Crippen molar-refractivity contribution >= 4 is 62.5 Å². The van der Waals surface area contributed by atoms with Gasteiger partial charge in [0.05, 0.1) is 10.7 Å². The van der Waals surface area contributed by atoms with Crippen molar-refractivity contribution in [2.45, 2.75) is 53.0 Å². The van der Waals surface area contributed by atoms with Gasteiger partial charge in [0.15, 0.2) is 5.78 Å². The number of hydrogen-bond donors (Lipinski definition) is 0. The van der Waals surface area contributed by atoms with Crippen LogP contribution in [0.1, 0.15) is 67.9 Å². The Morgan fingerprint density at radius 3 is 2.19 bits per heavy atom. The minimum atomic E-state index is -0.324. The summed E-state index contributed by atoms with van der Waals surface area (Å²) in [5, 5.41) is 6.82. The van der Waals surface area contributed by atoms with Gasteiger partial charge in [-0.25, -0.2) is 4.79 Å². The molecule has 4 aromatic rings. The Labute approximate surface area is 220 Å². The van der Waals surface area contributed by atoms with E-state index in [9.17, 15) is 9.59 Å². The van der Waals surface area contributed by atoms with E-state index in [1.165, 1.54) is 0 Å². The van der Waals surface area contributed by atoms with E-state index in [2.05, 4.69) is 23.6 Å². The number of halogens is 2. The van der Waals surface area contributed by atoms with Crippen molar-refractivity contribution in [2.75, 3.05) is 0 Å². The molecule has 0 radical (unpaired) electrons. The molecule has 0 spiro atoms. The maximum atomic E-state index is 13.3. The maximum Gasteiger partial charge on any atom is 0.335 e. The summed E-state index contributed by atoms with van der Waals surface area (Å²) < 4.78 is 2.21. The number of unbranched alkanes of at least 4 members (excludes halogenated alkanes) is 2. The highest BCUT2D eigenvalue weighted by Gasteiger charge is 2.17. The van der Waals surface area contributed by atoms with Crippen molar-refractivity contribution in [3.63, 3.8) is 0 Å². The van der Waals surface area contributed by atoms with Gasteiger partial charge in [-0.05, 0) is 74.4 Å². The number of oxime groups is 1. The number of nitrogens with zero attached hydrogens (tertiary/aromatic N) is 2. The summed E-state index contributed by atoms with van der Waals surface area (Å²) in [6.07, 6.45) is 3.20. The van der Waals surface area contributed by atoms with Crippen molar-refractivity contribution in [1.29, 1.82) is 0 Å². The number of fused-ring (bicyclic) bond motifs is 3. The predicted molar refractivity (Wildman–Crippen MR) is 147 cm³/mol. The lowest BCUT2D eigenvalue weighted by Crippen LogP contribution is -2.03. The van der Waals surface area contributed by atoms with Crippen LogP contribution in [0.5, 0.6) is 0 Å². The molecule has 0 atom stereocenters. The molecule has 1 aromatic heterocycles. The zero-order valence-electron chi connectivity index (χ0n) is 20.6. The summed E-state index contributed by atoms with van der Waals surface area (Å²) in [5.41, 5.74) is 4.48. The van der Waals surface area contributed by atoms with Gasteiger partial charge in [-0.15, -0.1) is 0 Å². The molecule has 0 aliphatic carbocycles. The van der Waals surface area contributed by atoms with Gasteiger partial charge in [-0.1, -0.05) is 54.2 Å². The Morgan fingerprint density at radius 2 is 1.56 bits per heavy atom. The van der Waals surface area contributed by atoms with Crippen LogP contribution in [-0.2, 0) is 16.2 Å². The maximum absolute atomic E-state index is 13.3. The van der Waals surface area contributed by atoms with E-state index in [1.54, 1.807) is 18.2 Å². The Kier molecular flexibility index (Phi) is 8.12. The molecule has 0 fully saturated rings. The number of carbonyl (C=O) groups excluding carboxylic acids is 2. The number of aromatic nitrogens is 1. The van der Waals surface area contributed by atoms with E-state index in [4.69, 9.17) is 28.0 Å². The van der Waals surface area contributed by atoms with Crippen LogP contribution in [0.15, 0.2) is 59.8 Å². The minimum absolute atomic E-state index is 0.167. The Hall–Kier alpha value is -3.15. The number of carbonyl (C=O) groups is 2. The van der Waals surface area contributed by atoms with Gasteiger partial charge in [-0.2, -0.15) is 0 Å². The molecular weight excluding hydrogens is 495 g/mol. The molecule has 1 heterocycles. The zero-order chi connectivity index (χ0) is 25.8. The van der Waals surface area contributed by atoms with Gasteiger partial charge in [0.25, 0.3) is 0 Å². The van der Waals surface area contributed by atoms with Gasteiger partial charge in [-0.3, -0.25) is 4.79 Å². The summed E-state index contributed by atoms with van der Waals surface area (Å²) in [5.74, 6) is -0.490. The molecule has 36 heavy (non-hydrogen) atoms. The minimum Gasteiger partial charge on any atom is -0.341 e. The van der Waals surface area contributed by atoms with E-state index < -0.39 is 0 Å². The van der Waals surface area contributed by atoms with Gasteiger partial charge < -0.3 is 9.40 Å². The smallest absolute Gasteiger partial charge is 0.335 e. The average Bonchev–Trinajstić information content (AvgIpc) is 3.19. The fraction of sp³-hybridized carbons (Fsp3) is 0.276. The number of rotatable bonds is 9. The first-order chi connectivity index (χ1) is 17.3. The normalized spacial score (nSPS) is 11.9. The van der Waals surface area contributed by atoms with Gasteiger partial charge >= 0.3 is 5.97 Å². The second-order valence-electron chi connectivity index (χ2n) is 8.76. The quantitative estimate of drug-likeness (QED) is 0.0731. The SMILES string of the molecule is CCCCCC(=O)O/N=C(\C)c1ccc2c(c1)c1cc(C(=O)c3ccc(Cl)cc3Cl)ccc1n2CC. The lowest BCUT2D eigenvalue weighted by atomic mass is 10.0. The first kappa shape index (κ1) is 25.9. The van der Waals surface area contributed by atoms with Crippen LogP contribution in [-0.4, -0.2) is 22.0 Å². The molecule has 0 amide bonds. The lowest BCUT2D eigenvalue weighted by Gasteiger charge is -2.06. The summed E-state index contributed by atoms with van der Waals surface area (Å²) >= 11 is 12.3. The fourth-order valence-electron chi connectivity index (χ4n) is 4.38. The summed E-state index contributed by atoms with van der Waals surface area (Å²) in [4.78, 5) is 30.3. The van der Waals surface area contributed by atoms with Crippen LogP contribution in [0.25, 0.3) is 21.8 Å². The van der Waals surface area contributed by atoms with Crippen LogP contribution in [0.2, 0.25) is 10.0 Å². The van der Waals surface area contributed by atoms with E-state index in [1.807, 2.05) is 43.3 Å². The van der Waals surface area contributed by atoms with E-state index in [0.29, 0.717) is 33.3 Å². The van der Waals surface area contributed by atoms with Crippen LogP contribution in [0, 0.1) is 0 Å². The zero-order valence-corrected chi connectivity index (χ0v) is 22.1. The molecule has 186 valence electrons. The first-order valence-electron chi connectivity index (χ1n) is 12.1. The van der Waals surface area contributed by atoms with Crippen LogP contribution in [0.3, 0.4) is 0 Å². The van der Waals surface area contributed by atoms with Crippen molar-refractivity contribution < 1.29 is 14.4 Å². The molecule has 0 unspecified atom stereocenters. The molecule has 0 aliphatic heterocycles. The van der Waals surface area contributed by atoms with Crippen molar-refractivity contribution in [3.8, 4) is 0 Å². The second-order valence-corrected chi connectivity index (χ2v) is 9.60. The summed E-state index contributed by atoms with van der Waals surface area (Å²) in [7, 11) is 0. The molecule has 0 bridgehead atoms. The fourth-order valence-corrected chi connectivity index (χ4v) is 4.87. The number of hydrogen-bond acceptors (Lipinski definition) is 4. The molecule has 0 N–H and O–H groups in total. The third-order valence-corrected chi connectivity index (χ3v) is 6.85. The second kappa shape index (κ2) is 11.3. The molecule has 4 rings (SSSR count). The number of benzene rings is 3.